The molecule has 2 amide bonds. The highest BCUT2D eigenvalue weighted by atomic mass is 32.2. The Bertz CT molecular complexity index is 944. The molecular formula is C19H20N2O5S. The summed E-state index contributed by atoms with van der Waals surface area (Å²) in [6, 6.07) is 14.9. The molecule has 0 aliphatic carbocycles. The molecule has 0 bridgehead atoms. The van der Waals surface area contributed by atoms with Crippen LogP contribution in [0.3, 0.4) is 0 Å². The van der Waals surface area contributed by atoms with E-state index in [9.17, 15) is 18.0 Å². The van der Waals surface area contributed by atoms with Gasteiger partial charge in [-0.25, -0.2) is 8.42 Å². The summed E-state index contributed by atoms with van der Waals surface area (Å²) in [5.74, 6) is -0.616. The molecule has 0 saturated carbocycles. The number of nitrogens with zero attached hydrogens (tertiary/aromatic N) is 1. The van der Waals surface area contributed by atoms with Gasteiger partial charge in [0.25, 0.3) is 5.91 Å². The number of nitrogens with one attached hydrogen (secondary N) is 1. The molecule has 0 unspecified atom stereocenters. The van der Waals surface area contributed by atoms with Crippen molar-refractivity contribution in [1.29, 1.82) is 0 Å². The molecule has 7 nitrogen and oxygen atoms in total. The van der Waals surface area contributed by atoms with Gasteiger partial charge in [-0.1, -0.05) is 30.3 Å². The lowest BCUT2D eigenvalue weighted by Gasteiger charge is -2.34. The van der Waals surface area contributed by atoms with Crippen LogP contribution in [0.15, 0.2) is 59.5 Å². The molecule has 0 radical (unpaired) electrons. The highest BCUT2D eigenvalue weighted by Crippen LogP contribution is 2.33. The molecule has 1 aliphatic heterocycles. The van der Waals surface area contributed by atoms with Crippen molar-refractivity contribution < 1.29 is 22.7 Å². The lowest BCUT2D eigenvalue weighted by atomic mass is 10.1. The number of rotatable bonds is 5. The highest BCUT2D eigenvalue weighted by molar-refractivity contribution is 7.91. The van der Waals surface area contributed by atoms with Gasteiger partial charge in [0.15, 0.2) is 15.9 Å². The fourth-order valence-electron chi connectivity index (χ4n) is 2.87. The molecule has 142 valence electrons. The van der Waals surface area contributed by atoms with Gasteiger partial charge in [0.2, 0.25) is 5.91 Å². The molecule has 1 N–H and O–H groups in total. The third-order valence-corrected chi connectivity index (χ3v) is 6.03. The Morgan fingerprint density at radius 3 is 2.48 bits per heavy atom. The van der Waals surface area contributed by atoms with E-state index in [0.717, 1.165) is 0 Å². The zero-order valence-corrected chi connectivity index (χ0v) is 15.6. The number of benzene rings is 2. The number of amides is 2. The molecule has 2 aromatic rings. The van der Waals surface area contributed by atoms with Crippen LogP contribution >= 0.6 is 0 Å². The topological polar surface area (TPSA) is 92.8 Å². The van der Waals surface area contributed by atoms with Gasteiger partial charge in [-0.2, -0.15) is 0 Å². The summed E-state index contributed by atoms with van der Waals surface area (Å²) in [7, 11) is -2.07. The average Bonchev–Trinajstić information content (AvgIpc) is 2.71. The van der Waals surface area contributed by atoms with E-state index >= 15 is 0 Å². The van der Waals surface area contributed by atoms with Crippen molar-refractivity contribution in [2.75, 3.05) is 24.2 Å². The van der Waals surface area contributed by atoms with E-state index in [2.05, 4.69) is 5.32 Å². The molecule has 2 aromatic carbocycles. The Morgan fingerprint density at radius 2 is 1.78 bits per heavy atom. The van der Waals surface area contributed by atoms with E-state index in [1.54, 1.807) is 42.5 Å². The maximum atomic E-state index is 12.8. The van der Waals surface area contributed by atoms with Crippen LogP contribution in [0, 0.1) is 0 Å². The van der Waals surface area contributed by atoms with Crippen molar-refractivity contribution in [3.05, 3.63) is 54.6 Å². The van der Waals surface area contributed by atoms with Crippen LogP contribution in [0.4, 0.5) is 5.69 Å². The van der Waals surface area contributed by atoms with Crippen LogP contribution in [0.5, 0.6) is 5.75 Å². The smallest absolute Gasteiger partial charge is 0.262 e. The third kappa shape index (κ3) is 4.11. The molecule has 1 atom stereocenters. The Hall–Kier alpha value is -2.87. The fraction of sp³-hybridized carbons (Fsp3) is 0.263. The summed E-state index contributed by atoms with van der Waals surface area (Å²) in [4.78, 5) is 26.3. The molecule has 8 heteroatoms. The van der Waals surface area contributed by atoms with E-state index in [0.29, 0.717) is 11.4 Å². The quantitative estimate of drug-likeness (QED) is 0.836. The van der Waals surface area contributed by atoms with Crippen molar-refractivity contribution >= 4 is 27.3 Å². The summed E-state index contributed by atoms with van der Waals surface area (Å²) in [5, 5.41) is 2.50. The maximum Gasteiger partial charge on any atom is 0.262 e. The maximum absolute atomic E-state index is 12.8. The lowest BCUT2D eigenvalue weighted by molar-refractivity contribution is -0.127. The Labute approximate surface area is 157 Å². The third-order valence-electron chi connectivity index (χ3n) is 4.30. The molecule has 1 heterocycles. The molecule has 0 aromatic heterocycles. The van der Waals surface area contributed by atoms with Gasteiger partial charge in [0.1, 0.15) is 5.75 Å². The predicted octanol–water partition coefficient (Wildman–Crippen LogP) is 1.39. The Kier molecular flexibility index (Phi) is 5.46. The average molecular weight is 388 g/mol. The molecule has 0 fully saturated rings. The van der Waals surface area contributed by atoms with E-state index in [-0.39, 0.29) is 35.4 Å². The number of carbonyl (C=O) groups is 2. The van der Waals surface area contributed by atoms with Crippen molar-refractivity contribution in [2.24, 2.45) is 0 Å². The Morgan fingerprint density at radius 1 is 1.11 bits per heavy atom. The molecule has 3 rings (SSSR count). The minimum absolute atomic E-state index is 0.0287. The largest absolute Gasteiger partial charge is 0.477 e. The van der Waals surface area contributed by atoms with E-state index in [4.69, 9.17) is 4.74 Å². The standard InChI is InChI=1S/C19H20N2O5S/c1-20-19(23)17-13-21(15-9-5-6-10-16(15)26-17)18(22)11-12-27(24,25)14-7-3-2-4-8-14/h2-10,17H,11-13H2,1H3,(H,20,23)/t17-/m0/s1. The summed E-state index contributed by atoms with van der Waals surface area (Å²) in [6.07, 6.45) is -1.04. The van der Waals surface area contributed by atoms with E-state index in [1.807, 2.05) is 0 Å². The predicted molar refractivity (Wildman–Crippen MR) is 100 cm³/mol. The Balaban J connectivity index is 1.78. The second kappa shape index (κ2) is 7.79. The van der Waals surface area contributed by atoms with Crippen LogP contribution in [-0.2, 0) is 19.4 Å². The number of sulfone groups is 1. The first-order chi connectivity index (χ1) is 12.9. The van der Waals surface area contributed by atoms with E-state index < -0.39 is 15.9 Å². The number of fused-ring (bicyclic) bond motifs is 1. The molecular weight excluding hydrogens is 368 g/mol. The van der Waals surface area contributed by atoms with Crippen molar-refractivity contribution in [3.63, 3.8) is 0 Å². The van der Waals surface area contributed by atoms with Crippen LogP contribution in [-0.4, -0.2) is 45.7 Å². The summed E-state index contributed by atoms with van der Waals surface area (Å²) in [5.41, 5.74) is 0.528. The molecule has 0 spiro atoms. The van der Waals surface area contributed by atoms with Crippen molar-refractivity contribution in [2.45, 2.75) is 17.4 Å². The molecule has 1 aliphatic rings. The molecule has 27 heavy (non-hydrogen) atoms. The van der Waals surface area contributed by atoms with Crippen molar-refractivity contribution in [1.82, 2.24) is 5.32 Å². The fourth-order valence-corrected chi connectivity index (χ4v) is 4.12. The normalized spacial score (nSPS) is 16.2. The second-order valence-corrected chi connectivity index (χ2v) is 8.18. The number of anilines is 1. The number of hydrogen-bond donors (Lipinski definition) is 1. The zero-order chi connectivity index (χ0) is 19.4. The molecule has 0 saturated heterocycles. The second-order valence-electron chi connectivity index (χ2n) is 6.07. The van der Waals surface area contributed by atoms with Crippen molar-refractivity contribution in [3.8, 4) is 5.75 Å². The van der Waals surface area contributed by atoms with Gasteiger partial charge in [-0.05, 0) is 24.3 Å². The van der Waals surface area contributed by atoms with Gasteiger partial charge in [-0.3, -0.25) is 9.59 Å². The first kappa shape index (κ1) is 18.9. The van der Waals surface area contributed by atoms with Crippen LogP contribution < -0.4 is 15.0 Å². The van der Waals surface area contributed by atoms with Gasteiger partial charge >= 0.3 is 0 Å². The van der Waals surface area contributed by atoms with Gasteiger partial charge in [0, 0.05) is 13.5 Å². The van der Waals surface area contributed by atoms with E-state index in [1.165, 1.54) is 24.1 Å². The van der Waals surface area contributed by atoms with Gasteiger partial charge in [0.05, 0.1) is 22.9 Å². The minimum atomic E-state index is -3.56. The first-order valence-electron chi connectivity index (χ1n) is 8.48. The lowest BCUT2D eigenvalue weighted by Crippen LogP contribution is -2.50. The van der Waals surface area contributed by atoms with Crippen LogP contribution in [0.1, 0.15) is 6.42 Å². The van der Waals surface area contributed by atoms with Crippen LogP contribution in [0.25, 0.3) is 0 Å². The van der Waals surface area contributed by atoms with Crippen LogP contribution in [0.2, 0.25) is 0 Å². The van der Waals surface area contributed by atoms with Gasteiger partial charge < -0.3 is 15.0 Å². The summed E-state index contributed by atoms with van der Waals surface area (Å²) < 4.78 is 30.5. The number of hydrogen-bond acceptors (Lipinski definition) is 5. The number of carbonyl (C=O) groups excluding carboxylic acids is 2. The summed E-state index contributed by atoms with van der Waals surface area (Å²) >= 11 is 0. The minimum Gasteiger partial charge on any atom is -0.477 e. The first-order valence-corrected chi connectivity index (χ1v) is 10.1. The van der Waals surface area contributed by atoms with Gasteiger partial charge in [-0.15, -0.1) is 0 Å². The number of ether oxygens (including phenoxy) is 1. The SMILES string of the molecule is CNC(=O)[C@@H]1CN(C(=O)CCS(=O)(=O)c2ccccc2)c2ccccc2O1. The summed E-state index contributed by atoms with van der Waals surface area (Å²) in [6.45, 7) is 0.0287. The number of likely N-dealkylation sites (N-methyl/N-ethyl adjacent to an activating group) is 1. The zero-order valence-electron chi connectivity index (χ0n) is 14.8. The number of para-hydroxylation sites is 2. The monoisotopic (exact) mass is 388 g/mol. The highest BCUT2D eigenvalue weighted by Gasteiger charge is 2.33.